The molecule has 3 aromatic carbocycles. The normalized spacial score (nSPS) is 11.9. The van der Waals surface area contributed by atoms with Gasteiger partial charge in [-0.05, 0) is 70.2 Å². The van der Waals surface area contributed by atoms with Gasteiger partial charge in [-0.15, -0.1) is 0 Å². The van der Waals surface area contributed by atoms with E-state index in [9.17, 15) is 24.8 Å². The number of nitriles is 1. The fourth-order valence-electron chi connectivity index (χ4n) is 4.58. The van der Waals surface area contributed by atoms with Gasteiger partial charge < -0.3 is 15.7 Å². The molecule has 4 rings (SSSR count). The lowest BCUT2D eigenvalue weighted by molar-refractivity contribution is 0.0719. The van der Waals surface area contributed by atoms with Gasteiger partial charge in [-0.3, -0.25) is 14.3 Å². The molecule has 3 amide bonds. The van der Waals surface area contributed by atoms with E-state index in [0.29, 0.717) is 28.1 Å². The van der Waals surface area contributed by atoms with Gasteiger partial charge in [-0.1, -0.05) is 35.9 Å². The molecule has 0 saturated carbocycles. The minimum absolute atomic E-state index is 0.182. The lowest BCUT2D eigenvalue weighted by atomic mass is 10.0. The Balaban J connectivity index is 1.82. The number of anilines is 2. The Labute approximate surface area is 235 Å². The van der Waals surface area contributed by atoms with Crippen molar-refractivity contribution in [2.24, 2.45) is 0 Å². The largest absolute Gasteiger partial charge is 0.465 e. The molecule has 1 aromatic heterocycles. The molecule has 0 radical (unpaired) electrons. The highest BCUT2D eigenvalue weighted by Crippen LogP contribution is 2.30. The van der Waals surface area contributed by atoms with Crippen LogP contribution in [-0.2, 0) is 0 Å². The number of carboxylic acid groups (broad SMARTS) is 1. The summed E-state index contributed by atoms with van der Waals surface area (Å²) in [6.45, 7) is 6.93. The number of benzene rings is 3. The Kier molecular flexibility index (Phi) is 7.79. The summed E-state index contributed by atoms with van der Waals surface area (Å²) < 4.78 is 1.31. The van der Waals surface area contributed by atoms with E-state index < -0.39 is 29.3 Å². The number of hydrogen-bond donors (Lipinski definition) is 3. The lowest BCUT2D eigenvalue weighted by Gasteiger charge is -2.38. The number of urea groups is 1. The monoisotopic (exact) mass is 558 g/mol. The number of carbonyl (C=O) groups is 2. The Hall–Kier alpha value is -4.88. The van der Waals surface area contributed by atoms with Gasteiger partial charge in [0.1, 0.15) is 11.9 Å². The zero-order valence-electron chi connectivity index (χ0n) is 22.3. The van der Waals surface area contributed by atoms with E-state index in [0.717, 1.165) is 0 Å². The van der Waals surface area contributed by atoms with Gasteiger partial charge in [0.15, 0.2) is 0 Å². The highest BCUT2D eigenvalue weighted by atomic mass is 35.5. The Morgan fingerprint density at radius 3 is 2.45 bits per heavy atom. The third-order valence-corrected chi connectivity index (χ3v) is 6.54. The molecule has 0 aliphatic heterocycles. The summed E-state index contributed by atoms with van der Waals surface area (Å²) in [4.78, 5) is 44.9. The predicted molar refractivity (Wildman–Crippen MR) is 154 cm³/mol. The SMILES string of the molecule is C[C@@H](c1nc2cccc(Cl)c2c(=O)n1-c1cccc(NC(=O)Nc2ccccc2C#N)c1)N(C(=O)O)C(C)(C)C. The molecule has 10 nitrogen and oxygen atoms in total. The number of fused-ring (bicyclic) bond motifs is 1. The molecule has 4 aromatic rings. The van der Waals surface area contributed by atoms with E-state index in [1.807, 2.05) is 6.07 Å². The summed E-state index contributed by atoms with van der Waals surface area (Å²) in [6.07, 6.45) is -1.17. The molecule has 0 bridgehead atoms. The average molecular weight is 559 g/mol. The van der Waals surface area contributed by atoms with Crippen molar-refractivity contribution in [2.75, 3.05) is 10.6 Å². The van der Waals surface area contributed by atoms with Crippen molar-refractivity contribution in [3.05, 3.63) is 93.5 Å². The summed E-state index contributed by atoms with van der Waals surface area (Å²) >= 11 is 6.40. The van der Waals surface area contributed by atoms with Crippen LogP contribution in [0.3, 0.4) is 0 Å². The quantitative estimate of drug-likeness (QED) is 0.259. The Morgan fingerprint density at radius 2 is 1.77 bits per heavy atom. The number of nitrogens with one attached hydrogen (secondary N) is 2. The highest BCUT2D eigenvalue weighted by Gasteiger charge is 2.34. The summed E-state index contributed by atoms with van der Waals surface area (Å²) in [5, 5.41) is 25.1. The van der Waals surface area contributed by atoms with Crippen LogP contribution >= 0.6 is 11.6 Å². The molecule has 0 saturated heterocycles. The molecule has 0 fully saturated rings. The first-order valence-corrected chi connectivity index (χ1v) is 12.7. The molecule has 11 heteroatoms. The van der Waals surface area contributed by atoms with Crippen LogP contribution in [0.25, 0.3) is 16.6 Å². The van der Waals surface area contributed by atoms with Crippen LogP contribution in [0.5, 0.6) is 0 Å². The maximum absolute atomic E-state index is 13.9. The van der Waals surface area contributed by atoms with Crippen molar-refractivity contribution in [1.29, 1.82) is 5.26 Å². The van der Waals surface area contributed by atoms with E-state index in [4.69, 9.17) is 16.6 Å². The number of nitrogens with zero attached hydrogens (tertiary/aromatic N) is 4. The third-order valence-electron chi connectivity index (χ3n) is 6.22. The maximum Gasteiger partial charge on any atom is 0.408 e. The summed E-state index contributed by atoms with van der Waals surface area (Å²) in [5.74, 6) is 0.182. The minimum atomic E-state index is -1.17. The van der Waals surface area contributed by atoms with Crippen LogP contribution in [0.4, 0.5) is 21.0 Å². The van der Waals surface area contributed by atoms with Crippen molar-refractivity contribution >= 4 is 46.0 Å². The van der Waals surface area contributed by atoms with Gasteiger partial charge in [0.2, 0.25) is 0 Å². The van der Waals surface area contributed by atoms with Crippen molar-refractivity contribution in [2.45, 2.75) is 39.3 Å². The zero-order chi connectivity index (χ0) is 29.2. The second-order valence-corrected chi connectivity index (χ2v) is 10.4. The molecule has 40 heavy (non-hydrogen) atoms. The zero-order valence-corrected chi connectivity index (χ0v) is 23.0. The smallest absolute Gasteiger partial charge is 0.408 e. The van der Waals surface area contributed by atoms with Gasteiger partial charge in [0, 0.05) is 11.2 Å². The Morgan fingerprint density at radius 1 is 1.07 bits per heavy atom. The first-order valence-electron chi connectivity index (χ1n) is 12.3. The standard InChI is InChI=1S/C29H27ClN6O4/c1-17(36(28(39)40)29(2,3)4)25-33-23-14-8-12-21(30)24(23)26(37)35(25)20-11-7-10-19(15-20)32-27(38)34-22-13-6-5-9-18(22)16-31/h5-15,17H,1-4H3,(H,39,40)(H2,32,34,38)/t17-/m0/s1. The van der Waals surface area contributed by atoms with E-state index in [-0.39, 0.29) is 16.2 Å². The Bertz CT molecular complexity index is 1720. The van der Waals surface area contributed by atoms with Crippen molar-refractivity contribution in [3.63, 3.8) is 0 Å². The summed E-state index contributed by atoms with van der Waals surface area (Å²) in [6, 6.07) is 18.6. The molecule has 0 aliphatic carbocycles. The molecular weight excluding hydrogens is 532 g/mol. The molecule has 1 heterocycles. The first-order chi connectivity index (χ1) is 18.9. The number of amides is 3. The number of hydrogen-bond acceptors (Lipinski definition) is 5. The molecule has 1 atom stereocenters. The summed E-state index contributed by atoms with van der Waals surface area (Å²) in [5.41, 5.74) is 0.377. The second kappa shape index (κ2) is 11.1. The third kappa shape index (κ3) is 5.60. The van der Waals surface area contributed by atoms with Crippen LogP contribution < -0.4 is 16.2 Å². The number of rotatable bonds is 5. The lowest BCUT2D eigenvalue weighted by Crippen LogP contribution is -2.47. The van der Waals surface area contributed by atoms with Crippen molar-refractivity contribution < 1.29 is 14.7 Å². The van der Waals surface area contributed by atoms with Gasteiger partial charge in [-0.25, -0.2) is 14.6 Å². The van der Waals surface area contributed by atoms with Crippen LogP contribution in [-0.4, -0.2) is 37.2 Å². The molecular formula is C29H27ClN6O4. The molecule has 0 unspecified atom stereocenters. The van der Waals surface area contributed by atoms with Crippen molar-refractivity contribution in [1.82, 2.24) is 14.5 Å². The fourth-order valence-corrected chi connectivity index (χ4v) is 4.83. The van der Waals surface area contributed by atoms with Crippen LogP contribution in [0.15, 0.2) is 71.5 Å². The average Bonchev–Trinajstić information content (AvgIpc) is 2.87. The van der Waals surface area contributed by atoms with Gasteiger partial charge in [-0.2, -0.15) is 5.26 Å². The van der Waals surface area contributed by atoms with Crippen molar-refractivity contribution in [3.8, 4) is 11.8 Å². The van der Waals surface area contributed by atoms with E-state index >= 15 is 0 Å². The van der Waals surface area contributed by atoms with Gasteiger partial charge in [0.05, 0.1) is 38.9 Å². The highest BCUT2D eigenvalue weighted by molar-refractivity contribution is 6.35. The number of aromatic nitrogens is 2. The maximum atomic E-state index is 13.9. The molecule has 0 spiro atoms. The van der Waals surface area contributed by atoms with E-state index in [1.54, 1.807) is 94.4 Å². The topological polar surface area (TPSA) is 140 Å². The number of carbonyl (C=O) groups excluding carboxylic acids is 1. The molecule has 3 N–H and O–H groups in total. The first kappa shape index (κ1) is 28.1. The van der Waals surface area contributed by atoms with E-state index in [1.165, 1.54) is 9.47 Å². The second-order valence-electron chi connectivity index (χ2n) is 10.0. The van der Waals surface area contributed by atoms with Gasteiger partial charge >= 0.3 is 12.1 Å². The predicted octanol–water partition coefficient (Wildman–Crippen LogP) is 6.39. The fraction of sp³-hybridized carbons (Fsp3) is 0.207. The molecule has 204 valence electrons. The minimum Gasteiger partial charge on any atom is -0.465 e. The van der Waals surface area contributed by atoms with Crippen LogP contribution in [0.1, 0.15) is 45.1 Å². The van der Waals surface area contributed by atoms with Crippen LogP contribution in [0.2, 0.25) is 5.02 Å². The van der Waals surface area contributed by atoms with Gasteiger partial charge in [0.25, 0.3) is 5.56 Å². The number of para-hydroxylation sites is 1. The van der Waals surface area contributed by atoms with E-state index in [2.05, 4.69) is 10.6 Å². The number of halogens is 1. The summed E-state index contributed by atoms with van der Waals surface area (Å²) in [7, 11) is 0. The molecule has 0 aliphatic rings. The van der Waals surface area contributed by atoms with Crippen LogP contribution in [0, 0.1) is 11.3 Å².